The summed E-state index contributed by atoms with van der Waals surface area (Å²) in [5, 5.41) is 11.8. The molecule has 0 saturated heterocycles. The molecule has 1 aliphatic carbocycles. The van der Waals surface area contributed by atoms with E-state index in [0.717, 1.165) is 35.4 Å². The van der Waals surface area contributed by atoms with Gasteiger partial charge in [-0.1, -0.05) is 48.2 Å². The number of para-hydroxylation sites is 1. The first kappa shape index (κ1) is 20.8. The number of rotatable bonds is 4. The molecule has 0 saturated carbocycles. The third kappa shape index (κ3) is 3.71. The van der Waals surface area contributed by atoms with Crippen LogP contribution in [0.1, 0.15) is 48.1 Å². The molecule has 6 nitrogen and oxygen atoms in total. The van der Waals surface area contributed by atoms with E-state index in [4.69, 9.17) is 5.10 Å². The molecular formula is C25H27N5OS. The van der Waals surface area contributed by atoms with E-state index < -0.39 is 0 Å². The topological polar surface area (TPSA) is 71.8 Å². The highest BCUT2D eigenvalue weighted by Crippen LogP contribution is 2.38. The number of fused-ring (bicyclic) bond motifs is 2. The Balaban J connectivity index is 1.60. The standard InChI is InChI=1S/C25H27N5OS/c1-15-8-4-7-11-20(15)27-23(31)21-16(2)26-24-28-25(32-3)29-30(24)22(21)19-13-12-17-9-5-6-10-18(17)14-19/h4,7-8,11-14,22H,5-6,9-10H2,1-3H3,(H,27,31)(H,26,28,29). The van der Waals surface area contributed by atoms with Crippen molar-refractivity contribution in [1.29, 1.82) is 0 Å². The zero-order valence-electron chi connectivity index (χ0n) is 18.6. The number of benzene rings is 2. The lowest BCUT2D eigenvalue weighted by molar-refractivity contribution is -0.113. The summed E-state index contributed by atoms with van der Waals surface area (Å²) in [4.78, 5) is 18.2. The third-order valence-corrected chi connectivity index (χ3v) is 6.88. The van der Waals surface area contributed by atoms with Crippen LogP contribution >= 0.6 is 11.8 Å². The van der Waals surface area contributed by atoms with Crippen molar-refractivity contribution in [2.24, 2.45) is 0 Å². The number of thioether (sulfide) groups is 1. The van der Waals surface area contributed by atoms with Gasteiger partial charge in [0.05, 0.1) is 5.57 Å². The minimum absolute atomic E-state index is 0.126. The van der Waals surface area contributed by atoms with Gasteiger partial charge in [-0.25, -0.2) is 4.68 Å². The summed E-state index contributed by atoms with van der Waals surface area (Å²) in [6.07, 6.45) is 6.63. The lowest BCUT2D eigenvalue weighted by Crippen LogP contribution is -2.31. The van der Waals surface area contributed by atoms with Crippen LogP contribution in [0.4, 0.5) is 11.6 Å². The van der Waals surface area contributed by atoms with Crippen LogP contribution in [0.2, 0.25) is 0 Å². The van der Waals surface area contributed by atoms with Gasteiger partial charge in [0.15, 0.2) is 0 Å². The van der Waals surface area contributed by atoms with Crippen molar-refractivity contribution in [3.05, 3.63) is 76.0 Å². The molecule has 1 amide bonds. The van der Waals surface area contributed by atoms with E-state index in [0.29, 0.717) is 16.7 Å². The van der Waals surface area contributed by atoms with Gasteiger partial charge in [0.1, 0.15) is 6.04 Å². The maximum Gasteiger partial charge on any atom is 0.255 e. The van der Waals surface area contributed by atoms with E-state index in [9.17, 15) is 4.79 Å². The first-order valence-corrected chi connectivity index (χ1v) is 12.2. The molecule has 1 aromatic heterocycles. The largest absolute Gasteiger partial charge is 0.328 e. The normalized spacial score (nSPS) is 17.4. The van der Waals surface area contributed by atoms with Gasteiger partial charge in [0.25, 0.3) is 5.91 Å². The van der Waals surface area contributed by atoms with Gasteiger partial charge in [-0.05, 0) is 74.1 Å². The fourth-order valence-corrected chi connectivity index (χ4v) is 4.99. The van der Waals surface area contributed by atoms with Crippen LogP contribution in [0.25, 0.3) is 0 Å². The quantitative estimate of drug-likeness (QED) is 0.546. The van der Waals surface area contributed by atoms with Gasteiger partial charge in [0, 0.05) is 11.4 Å². The van der Waals surface area contributed by atoms with E-state index in [2.05, 4.69) is 33.8 Å². The highest BCUT2D eigenvalue weighted by Gasteiger charge is 2.34. The first-order valence-electron chi connectivity index (χ1n) is 11.0. The van der Waals surface area contributed by atoms with Crippen molar-refractivity contribution >= 4 is 29.3 Å². The lowest BCUT2D eigenvalue weighted by atomic mass is 9.87. The number of aromatic nitrogens is 3. The number of anilines is 2. The number of carbonyl (C=O) groups excluding carboxylic acids is 1. The Kier molecular flexibility index (Phi) is 5.51. The van der Waals surface area contributed by atoms with E-state index in [1.165, 1.54) is 35.7 Å². The smallest absolute Gasteiger partial charge is 0.255 e. The number of nitrogens with one attached hydrogen (secondary N) is 2. The predicted octanol–water partition coefficient (Wildman–Crippen LogP) is 5.11. The van der Waals surface area contributed by atoms with Crippen molar-refractivity contribution in [2.75, 3.05) is 16.9 Å². The average Bonchev–Trinajstić information content (AvgIpc) is 3.22. The summed E-state index contributed by atoms with van der Waals surface area (Å²) < 4.78 is 1.86. The second-order valence-electron chi connectivity index (χ2n) is 8.44. The molecule has 2 aromatic carbocycles. The maximum atomic E-state index is 13.6. The van der Waals surface area contributed by atoms with E-state index >= 15 is 0 Å². The second kappa shape index (κ2) is 8.47. The summed E-state index contributed by atoms with van der Waals surface area (Å²) in [6, 6.07) is 14.1. The summed E-state index contributed by atoms with van der Waals surface area (Å²) >= 11 is 1.50. The van der Waals surface area contributed by atoms with Crippen molar-refractivity contribution in [2.45, 2.75) is 50.7 Å². The zero-order valence-corrected chi connectivity index (χ0v) is 19.4. The van der Waals surface area contributed by atoms with Gasteiger partial charge in [-0.15, -0.1) is 5.10 Å². The Bertz CT molecular complexity index is 1230. The Morgan fingerprint density at radius 3 is 2.69 bits per heavy atom. The van der Waals surface area contributed by atoms with Crippen molar-refractivity contribution in [3.63, 3.8) is 0 Å². The van der Waals surface area contributed by atoms with Crippen LogP contribution in [-0.4, -0.2) is 26.9 Å². The van der Waals surface area contributed by atoms with Crippen molar-refractivity contribution < 1.29 is 4.79 Å². The van der Waals surface area contributed by atoms with Gasteiger partial charge < -0.3 is 10.6 Å². The SMILES string of the molecule is CSc1nc2n(n1)C(c1ccc3c(c1)CCCC3)C(C(=O)Nc1ccccc1C)=C(C)N2. The number of amides is 1. The molecule has 1 aliphatic heterocycles. The molecule has 0 fully saturated rings. The molecule has 0 radical (unpaired) electrons. The summed E-state index contributed by atoms with van der Waals surface area (Å²) in [7, 11) is 0. The van der Waals surface area contributed by atoms with Crippen molar-refractivity contribution in [3.8, 4) is 0 Å². The molecule has 0 spiro atoms. The molecule has 7 heteroatoms. The molecule has 0 bridgehead atoms. The molecule has 1 unspecified atom stereocenters. The monoisotopic (exact) mass is 445 g/mol. The Hall–Kier alpha value is -3.06. The molecule has 3 aromatic rings. The van der Waals surface area contributed by atoms with Crippen LogP contribution < -0.4 is 10.6 Å². The Labute approximate surface area is 192 Å². The Morgan fingerprint density at radius 1 is 1.12 bits per heavy atom. The van der Waals surface area contributed by atoms with E-state index in [1.54, 1.807) is 0 Å². The van der Waals surface area contributed by atoms with Crippen LogP contribution in [0.5, 0.6) is 0 Å². The predicted molar refractivity (Wildman–Crippen MR) is 129 cm³/mol. The van der Waals surface area contributed by atoms with Crippen LogP contribution in [-0.2, 0) is 17.6 Å². The number of hydrogen-bond donors (Lipinski definition) is 2. The third-order valence-electron chi connectivity index (χ3n) is 6.34. The van der Waals surface area contributed by atoms with E-state index in [1.807, 2.05) is 49.1 Å². The van der Waals surface area contributed by atoms with Gasteiger partial charge >= 0.3 is 0 Å². The summed E-state index contributed by atoms with van der Waals surface area (Å²) in [5.41, 5.74) is 7.18. The number of nitrogens with zero attached hydrogens (tertiary/aromatic N) is 3. The van der Waals surface area contributed by atoms with Crippen LogP contribution in [0.15, 0.2) is 58.9 Å². The minimum Gasteiger partial charge on any atom is -0.328 e. The number of hydrogen-bond acceptors (Lipinski definition) is 5. The molecular weight excluding hydrogens is 418 g/mol. The molecule has 2 N–H and O–H groups in total. The van der Waals surface area contributed by atoms with Crippen LogP contribution in [0.3, 0.4) is 0 Å². The first-order chi connectivity index (χ1) is 15.5. The zero-order chi connectivity index (χ0) is 22.2. The maximum absolute atomic E-state index is 13.6. The fourth-order valence-electron chi connectivity index (χ4n) is 4.65. The molecule has 5 rings (SSSR count). The highest BCUT2D eigenvalue weighted by atomic mass is 32.2. The molecule has 2 aliphatic rings. The number of aryl methyl sites for hydroxylation is 3. The van der Waals surface area contributed by atoms with E-state index in [-0.39, 0.29) is 11.9 Å². The second-order valence-corrected chi connectivity index (χ2v) is 9.21. The van der Waals surface area contributed by atoms with Gasteiger partial charge in [-0.2, -0.15) is 4.98 Å². The molecule has 1 atom stereocenters. The van der Waals surface area contributed by atoms with Crippen LogP contribution in [0, 0.1) is 6.92 Å². The lowest BCUT2D eigenvalue weighted by Gasteiger charge is -2.29. The number of carbonyl (C=O) groups is 1. The average molecular weight is 446 g/mol. The molecule has 164 valence electrons. The van der Waals surface area contributed by atoms with Crippen molar-refractivity contribution in [1.82, 2.24) is 14.8 Å². The summed E-state index contributed by atoms with van der Waals surface area (Å²) in [5.74, 6) is 0.542. The summed E-state index contributed by atoms with van der Waals surface area (Å²) in [6.45, 7) is 3.94. The fraction of sp³-hybridized carbons (Fsp3) is 0.320. The van der Waals surface area contributed by atoms with Gasteiger partial charge in [0.2, 0.25) is 11.1 Å². The molecule has 32 heavy (non-hydrogen) atoms. The highest BCUT2D eigenvalue weighted by molar-refractivity contribution is 7.98. The number of allylic oxidation sites excluding steroid dienone is 1. The molecule has 2 heterocycles. The Morgan fingerprint density at radius 2 is 1.91 bits per heavy atom. The minimum atomic E-state index is -0.337. The van der Waals surface area contributed by atoms with Gasteiger partial charge in [-0.3, -0.25) is 4.79 Å².